The van der Waals surface area contributed by atoms with Gasteiger partial charge in [0.25, 0.3) is 0 Å². The zero-order valence-electron chi connectivity index (χ0n) is 32.9. The van der Waals surface area contributed by atoms with Gasteiger partial charge in [0.2, 0.25) is 41.4 Å². The van der Waals surface area contributed by atoms with Gasteiger partial charge in [-0.1, -0.05) is 18.2 Å². The minimum Gasteiger partial charge on any atom is -0.394 e. The van der Waals surface area contributed by atoms with Crippen LogP contribution in [0.2, 0.25) is 0 Å². The Bertz CT molecular complexity index is 1960. The first-order valence-corrected chi connectivity index (χ1v) is 20.2. The number of amides is 7. The maximum atomic E-state index is 14.2. The summed E-state index contributed by atoms with van der Waals surface area (Å²) in [5.74, 6) is -7.70. The fourth-order valence-electron chi connectivity index (χ4n) is 6.74. The fraction of sp³-hybridized carbons (Fsp3) is 0.583. The van der Waals surface area contributed by atoms with Gasteiger partial charge in [-0.15, -0.1) is 0 Å². The summed E-state index contributed by atoms with van der Waals surface area (Å²) in [5, 5.41) is 77.2. The predicted molar refractivity (Wildman–Crippen MR) is 206 cm³/mol. The van der Waals surface area contributed by atoms with E-state index in [-0.39, 0.29) is 11.4 Å². The van der Waals surface area contributed by atoms with Crippen LogP contribution in [0.5, 0.6) is 0 Å². The third kappa shape index (κ3) is 11.0. The summed E-state index contributed by atoms with van der Waals surface area (Å²) in [6.07, 6.45) is -4.85. The molecule has 2 fully saturated rings. The highest BCUT2D eigenvalue weighted by Crippen LogP contribution is 2.26. The van der Waals surface area contributed by atoms with Gasteiger partial charge < -0.3 is 72.4 Å². The molecule has 2 saturated heterocycles. The standard InChI is InChI=1S/C36H52N8O14S/c1-15-28(50)39-21(10-19-18-8-6-7-9-20(18)42-34(19)59(5)58)30(52)40-22(11-36(4,57)14-46)31(53)37-16(2)29(51)43-25(17(3)47)32(54)41-23(13-45)35(56)44-12-24(48)27(49)26(44)33(55)38-15/h6-9,15-17,21-27,42,45-49,57H,10-14H2,1-5H3,(H,37,53)(H,38,55)(H,39,50)(H,40,52)(H,41,54)(H,43,51). The molecule has 12 unspecified atom stereocenters. The number of nitrogens with one attached hydrogen (secondary N) is 7. The SMILES string of the molecule is CC1NC(=O)C(CC(C)(O)CO)NC(=O)C(Cc2c(S(C)=O)[nH]c3ccccc23)NC(=O)C(C)NC(=O)C2C(O)C(O)CN2C(=O)C(CO)NC(=O)C(C(C)O)NC1=O. The Balaban J connectivity index is 1.81. The van der Waals surface area contributed by atoms with E-state index in [1.807, 2.05) is 0 Å². The first-order chi connectivity index (χ1) is 27.6. The second kappa shape index (κ2) is 19.4. The molecule has 0 aliphatic carbocycles. The predicted octanol–water partition coefficient (Wildman–Crippen LogP) is -6.15. The number of H-pyrrole nitrogens is 1. The Morgan fingerprint density at radius 1 is 0.814 bits per heavy atom. The number of nitrogens with zero attached hydrogens (tertiary/aromatic N) is 1. The van der Waals surface area contributed by atoms with Crippen molar-refractivity contribution >= 4 is 63.1 Å². The zero-order valence-corrected chi connectivity index (χ0v) is 33.7. The number of hydrogen-bond donors (Lipinski definition) is 13. The van der Waals surface area contributed by atoms with Crippen LogP contribution in [-0.4, -0.2) is 178 Å². The van der Waals surface area contributed by atoms with E-state index in [4.69, 9.17) is 0 Å². The summed E-state index contributed by atoms with van der Waals surface area (Å²) < 4.78 is 12.9. The lowest BCUT2D eigenvalue weighted by Gasteiger charge is -2.30. The van der Waals surface area contributed by atoms with Gasteiger partial charge in [0.05, 0.1) is 48.4 Å². The van der Waals surface area contributed by atoms with E-state index >= 15 is 0 Å². The highest BCUT2D eigenvalue weighted by molar-refractivity contribution is 7.84. The summed E-state index contributed by atoms with van der Waals surface area (Å²) in [6, 6.07) is -5.10. The molecule has 326 valence electrons. The lowest BCUT2D eigenvalue weighted by atomic mass is 9.96. The van der Waals surface area contributed by atoms with Crippen LogP contribution in [0.4, 0.5) is 0 Å². The van der Waals surface area contributed by atoms with E-state index in [2.05, 4.69) is 36.9 Å². The van der Waals surface area contributed by atoms with Crippen molar-refractivity contribution in [1.82, 2.24) is 41.8 Å². The quantitative estimate of drug-likeness (QED) is 0.118. The van der Waals surface area contributed by atoms with E-state index in [0.717, 1.165) is 13.8 Å². The largest absolute Gasteiger partial charge is 0.394 e. The molecule has 1 aromatic carbocycles. The van der Waals surface area contributed by atoms with Crippen molar-refractivity contribution in [2.75, 3.05) is 26.0 Å². The first-order valence-electron chi connectivity index (χ1n) is 18.6. The molecular weight excluding hydrogens is 801 g/mol. The molecule has 12 atom stereocenters. The highest BCUT2D eigenvalue weighted by atomic mass is 32.2. The van der Waals surface area contributed by atoms with E-state index in [0.29, 0.717) is 21.4 Å². The van der Waals surface area contributed by atoms with Crippen molar-refractivity contribution in [3.05, 3.63) is 29.8 Å². The molecule has 22 nitrogen and oxygen atoms in total. The molecule has 0 radical (unpaired) electrons. The molecule has 2 aliphatic rings. The minimum atomic E-state index is -1.99. The van der Waals surface area contributed by atoms with Crippen molar-refractivity contribution in [2.24, 2.45) is 0 Å². The van der Waals surface area contributed by atoms with Gasteiger partial charge in [-0.2, -0.15) is 0 Å². The van der Waals surface area contributed by atoms with E-state index < -0.39 is 145 Å². The molecule has 2 aliphatic heterocycles. The molecule has 7 amide bonds. The van der Waals surface area contributed by atoms with Crippen LogP contribution >= 0.6 is 0 Å². The van der Waals surface area contributed by atoms with Crippen LogP contribution in [0.1, 0.15) is 39.7 Å². The number of aromatic amines is 1. The van der Waals surface area contributed by atoms with Crippen LogP contribution in [0, 0.1) is 0 Å². The molecule has 23 heteroatoms. The van der Waals surface area contributed by atoms with Crippen LogP contribution in [-0.2, 0) is 50.8 Å². The number of carbonyl (C=O) groups is 7. The number of aromatic nitrogens is 1. The molecule has 0 bridgehead atoms. The topological polar surface area (TPSA) is 349 Å². The summed E-state index contributed by atoms with van der Waals surface area (Å²) in [5.41, 5.74) is -1.11. The van der Waals surface area contributed by atoms with Gasteiger partial charge in [0.1, 0.15) is 53.4 Å². The number of carbonyl (C=O) groups excluding carboxylic acids is 7. The van der Waals surface area contributed by atoms with Gasteiger partial charge in [-0.3, -0.25) is 37.8 Å². The van der Waals surface area contributed by atoms with Crippen molar-refractivity contribution in [2.45, 2.75) is 112 Å². The minimum absolute atomic E-state index is 0.206. The molecule has 3 heterocycles. The van der Waals surface area contributed by atoms with Crippen LogP contribution in [0.25, 0.3) is 10.9 Å². The molecule has 0 spiro atoms. The maximum absolute atomic E-state index is 14.2. The number of para-hydroxylation sites is 1. The second-order valence-corrected chi connectivity index (χ2v) is 16.4. The second-order valence-electron chi connectivity index (χ2n) is 15.0. The molecule has 59 heavy (non-hydrogen) atoms. The lowest BCUT2D eigenvalue weighted by molar-refractivity contribution is -0.145. The zero-order chi connectivity index (χ0) is 44.1. The van der Waals surface area contributed by atoms with Crippen LogP contribution in [0.15, 0.2) is 29.3 Å². The van der Waals surface area contributed by atoms with Gasteiger partial charge in [-0.05, 0) is 39.3 Å². The van der Waals surface area contributed by atoms with Crippen molar-refractivity contribution < 1.29 is 68.4 Å². The Morgan fingerprint density at radius 3 is 1.97 bits per heavy atom. The van der Waals surface area contributed by atoms with Gasteiger partial charge in [-0.25, -0.2) is 0 Å². The Labute approximate surface area is 340 Å². The fourth-order valence-corrected chi connectivity index (χ4v) is 7.53. The van der Waals surface area contributed by atoms with E-state index in [1.54, 1.807) is 24.3 Å². The van der Waals surface area contributed by atoms with E-state index in [1.165, 1.54) is 20.1 Å². The molecule has 0 saturated carbocycles. The smallest absolute Gasteiger partial charge is 0.248 e. The van der Waals surface area contributed by atoms with Crippen molar-refractivity contribution in [3.63, 3.8) is 0 Å². The molecular formula is C36H52N8O14S. The number of benzene rings is 1. The summed E-state index contributed by atoms with van der Waals surface area (Å²) in [4.78, 5) is 99.4. The van der Waals surface area contributed by atoms with Crippen molar-refractivity contribution in [3.8, 4) is 0 Å². The maximum Gasteiger partial charge on any atom is 0.248 e. The van der Waals surface area contributed by atoms with Gasteiger partial charge in [0, 0.05) is 30.0 Å². The molecule has 1 aromatic heterocycles. The molecule has 4 rings (SSSR count). The van der Waals surface area contributed by atoms with Gasteiger partial charge in [0.15, 0.2) is 0 Å². The number of rotatable bonds is 8. The summed E-state index contributed by atoms with van der Waals surface area (Å²) in [6.45, 7) is 2.05. The molecule has 2 aromatic rings. The van der Waals surface area contributed by atoms with Crippen molar-refractivity contribution in [1.29, 1.82) is 0 Å². The average Bonchev–Trinajstić information content (AvgIpc) is 3.70. The number of aliphatic hydroxyl groups is 6. The number of hydrogen-bond acceptors (Lipinski definition) is 14. The van der Waals surface area contributed by atoms with Gasteiger partial charge >= 0.3 is 0 Å². The lowest BCUT2D eigenvalue weighted by Crippen LogP contribution is -2.62. The van der Waals surface area contributed by atoms with E-state index in [9.17, 15) is 68.4 Å². The average molecular weight is 853 g/mol. The highest BCUT2D eigenvalue weighted by Gasteiger charge is 2.49. The monoisotopic (exact) mass is 852 g/mol. The summed E-state index contributed by atoms with van der Waals surface area (Å²) >= 11 is 0. The van der Waals surface area contributed by atoms with Crippen LogP contribution < -0.4 is 31.9 Å². The number of fused-ring (bicyclic) bond motifs is 2. The third-order valence-corrected chi connectivity index (χ3v) is 11.0. The Hall–Kier alpha value is -5.04. The molecule has 13 N–H and O–H groups in total. The van der Waals surface area contributed by atoms with Crippen LogP contribution in [0.3, 0.4) is 0 Å². The summed E-state index contributed by atoms with van der Waals surface area (Å²) in [7, 11) is -1.65. The first kappa shape index (κ1) is 46.6. The third-order valence-electron chi connectivity index (χ3n) is 10.1. The Kier molecular flexibility index (Phi) is 15.3. The number of aliphatic hydroxyl groups excluding tert-OH is 5. The normalized spacial score (nSPS) is 30.4. The Morgan fingerprint density at radius 2 is 1.37 bits per heavy atom.